The molecule has 0 aliphatic carbocycles. The quantitative estimate of drug-likeness (QED) is 0.594. The summed E-state index contributed by atoms with van der Waals surface area (Å²) in [7, 11) is -0.540. The van der Waals surface area contributed by atoms with Gasteiger partial charge < -0.3 is 14.7 Å². The number of hydrogen-bond acceptors (Lipinski definition) is 5. The molecule has 1 N–H and O–H groups in total. The lowest BCUT2D eigenvalue weighted by molar-refractivity contribution is 0.193. The fourth-order valence-electron chi connectivity index (χ4n) is 5.44. The average Bonchev–Trinajstić information content (AvgIpc) is 3.30. The van der Waals surface area contributed by atoms with Crippen LogP contribution in [0.1, 0.15) is 18.0 Å². The number of halogens is 1. The van der Waals surface area contributed by atoms with E-state index in [-0.39, 0.29) is 30.0 Å². The van der Waals surface area contributed by atoms with Crippen molar-refractivity contribution in [3.05, 3.63) is 78.1 Å². The van der Waals surface area contributed by atoms with Gasteiger partial charge in [-0.1, -0.05) is 30.3 Å². The van der Waals surface area contributed by atoms with E-state index in [0.717, 1.165) is 28.1 Å². The summed E-state index contributed by atoms with van der Waals surface area (Å²) in [4.78, 5) is 1.71. The number of aliphatic hydroxyl groups is 1. The van der Waals surface area contributed by atoms with Gasteiger partial charge in [-0.2, -0.15) is 4.31 Å². The van der Waals surface area contributed by atoms with E-state index in [1.54, 1.807) is 7.11 Å². The van der Waals surface area contributed by atoms with Crippen molar-refractivity contribution < 1.29 is 22.7 Å². The molecule has 2 heterocycles. The smallest absolute Gasteiger partial charge is 0.246 e. The summed E-state index contributed by atoms with van der Waals surface area (Å²) in [6.07, 6.45) is 0.580. The minimum Gasteiger partial charge on any atom is -0.497 e. The Morgan fingerprint density at radius 1 is 1.06 bits per heavy atom. The molecule has 2 aliphatic heterocycles. The molecule has 1 fully saturated rings. The summed E-state index contributed by atoms with van der Waals surface area (Å²) in [5.41, 5.74) is 3.60. The van der Waals surface area contributed by atoms with Crippen LogP contribution in [0.5, 0.6) is 5.75 Å². The lowest BCUT2D eigenvalue weighted by atomic mass is 9.81. The molecular formula is C26H27FN2O4S. The van der Waals surface area contributed by atoms with E-state index in [2.05, 4.69) is 0 Å². The van der Waals surface area contributed by atoms with Crippen LogP contribution in [0.4, 0.5) is 10.1 Å². The molecule has 0 saturated carbocycles. The highest BCUT2D eigenvalue weighted by atomic mass is 32.2. The van der Waals surface area contributed by atoms with Crippen LogP contribution in [-0.2, 0) is 10.0 Å². The number of hydrogen-bond donors (Lipinski definition) is 1. The SMILES string of the molecule is COc1cccc(-c2ccc3c(c2)[C@@H]2[C@@H](CCN2S(=O)(=O)c2ccccc2F)[C@@H](CO)N3C)c1. The molecule has 3 aromatic rings. The van der Waals surface area contributed by atoms with Crippen LogP contribution in [0.15, 0.2) is 71.6 Å². The number of likely N-dealkylation sites (N-methyl/N-ethyl adjacent to an activating group) is 1. The first-order valence-corrected chi connectivity index (χ1v) is 12.7. The fourth-order valence-corrected chi connectivity index (χ4v) is 7.18. The summed E-state index contributed by atoms with van der Waals surface area (Å²) in [6.45, 7) is 0.168. The van der Waals surface area contributed by atoms with Crippen LogP contribution in [-0.4, -0.2) is 51.2 Å². The molecule has 0 amide bonds. The summed E-state index contributed by atoms with van der Waals surface area (Å²) in [5, 5.41) is 10.2. The second kappa shape index (κ2) is 8.69. The molecule has 0 radical (unpaired) electrons. The number of ether oxygens (including phenoxy) is 1. The molecule has 34 heavy (non-hydrogen) atoms. The van der Waals surface area contributed by atoms with Crippen molar-refractivity contribution in [2.75, 3.05) is 32.2 Å². The van der Waals surface area contributed by atoms with Crippen LogP contribution in [0.2, 0.25) is 0 Å². The van der Waals surface area contributed by atoms with Gasteiger partial charge in [0.2, 0.25) is 10.0 Å². The predicted molar refractivity (Wildman–Crippen MR) is 129 cm³/mol. The number of anilines is 1. The van der Waals surface area contributed by atoms with Gasteiger partial charge in [0.25, 0.3) is 0 Å². The zero-order valence-electron chi connectivity index (χ0n) is 19.1. The Hall–Kier alpha value is -2.94. The Morgan fingerprint density at radius 3 is 2.56 bits per heavy atom. The first-order valence-electron chi connectivity index (χ1n) is 11.2. The molecule has 0 bridgehead atoms. The normalized spacial score (nSPS) is 22.4. The topological polar surface area (TPSA) is 70.1 Å². The first-order chi connectivity index (χ1) is 16.4. The minimum absolute atomic E-state index is 0.0949. The lowest BCUT2D eigenvalue weighted by Crippen LogP contribution is -2.48. The first kappa shape index (κ1) is 22.8. The lowest BCUT2D eigenvalue weighted by Gasteiger charge is -2.44. The van der Waals surface area contributed by atoms with Crippen LogP contribution < -0.4 is 9.64 Å². The Morgan fingerprint density at radius 2 is 1.82 bits per heavy atom. The zero-order valence-corrected chi connectivity index (χ0v) is 19.9. The molecule has 1 saturated heterocycles. The molecule has 0 spiro atoms. The van der Waals surface area contributed by atoms with Gasteiger partial charge in [-0.15, -0.1) is 0 Å². The molecule has 5 rings (SSSR count). The van der Waals surface area contributed by atoms with Gasteiger partial charge in [0.15, 0.2) is 0 Å². The number of methoxy groups -OCH3 is 1. The molecule has 0 aromatic heterocycles. The monoisotopic (exact) mass is 482 g/mol. The highest BCUT2D eigenvalue weighted by molar-refractivity contribution is 7.89. The van der Waals surface area contributed by atoms with Crippen molar-refractivity contribution in [3.63, 3.8) is 0 Å². The number of aliphatic hydroxyl groups excluding tert-OH is 1. The van der Waals surface area contributed by atoms with Gasteiger partial charge in [0.05, 0.1) is 25.8 Å². The van der Waals surface area contributed by atoms with E-state index in [4.69, 9.17) is 4.74 Å². The molecule has 8 heteroatoms. The van der Waals surface area contributed by atoms with Gasteiger partial charge in [-0.25, -0.2) is 12.8 Å². The summed E-state index contributed by atoms with van der Waals surface area (Å²) < 4.78 is 48.6. The van der Waals surface area contributed by atoms with Crippen molar-refractivity contribution in [1.82, 2.24) is 4.31 Å². The number of sulfonamides is 1. The summed E-state index contributed by atoms with van der Waals surface area (Å²) in [5.74, 6) is -0.150. The highest BCUT2D eigenvalue weighted by Crippen LogP contribution is 2.51. The summed E-state index contributed by atoms with van der Waals surface area (Å²) in [6, 6.07) is 18.4. The van der Waals surface area contributed by atoms with Crippen LogP contribution in [0.3, 0.4) is 0 Å². The van der Waals surface area contributed by atoms with Gasteiger partial charge in [-0.3, -0.25) is 0 Å². The third kappa shape index (κ3) is 3.57. The van der Waals surface area contributed by atoms with Gasteiger partial charge in [0.1, 0.15) is 16.5 Å². The molecule has 6 nitrogen and oxygen atoms in total. The Kier molecular flexibility index (Phi) is 5.83. The van der Waals surface area contributed by atoms with Crippen molar-refractivity contribution >= 4 is 15.7 Å². The van der Waals surface area contributed by atoms with E-state index in [9.17, 15) is 17.9 Å². The number of rotatable bonds is 5. The Bertz CT molecular complexity index is 1330. The maximum absolute atomic E-state index is 14.6. The predicted octanol–water partition coefficient (Wildman–Crippen LogP) is 4.06. The molecule has 2 aliphatic rings. The molecule has 178 valence electrons. The second-order valence-corrected chi connectivity index (χ2v) is 10.7. The van der Waals surface area contributed by atoms with E-state index in [1.807, 2.05) is 54.4 Å². The Balaban J connectivity index is 1.65. The van der Waals surface area contributed by atoms with Crippen molar-refractivity contribution in [3.8, 4) is 16.9 Å². The van der Waals surface area contributed by atoms with Crippen molar-refractivity contribution in [2.24, 2.45) is 5.92 Å². The highest BCUT2D eigenvalue weighted by Gasteiger charge is 2.50. The second-order valence-electron chi connectivity index (χ2n) is 8.81. The third-order valence-corrected chi connectivity index (χ3v) is 9.04. The molecule has 0 unspecified atom stereocenters. The minimum atomic E-state index is -4.08. The Labute approximate surface area is 199 Å². The van der Waals surface area contributed by atoms with Gasteiger partial charge in [0, 0.05) is 25.2 Å². The maximum Gasteiger partial charge on any atom is 0.246 e. The number of nitrogens with zero attached hydrogens (tertiary/aromatic N) is 2. The standard InChI is InChI=1S/C26H27FN2O4S/c1-28-23-11-10-18(17-6-5-7-19(14-17)33-2)15-21(23)26-20(24(28)16-30)12-13-29(26)34(31,32)25-9-4-3-8-22(25)27/h3-11,14-15,20,24,26,30H,12-13,16H2,1-2H3/t20-,24+,26-/m0/s1. The van der Waals surface area contributed by atoms with Crippen LogP contribution in [0, 0.1) is 11.7 Å². The summed E-state index contributed by atoms with van der Waals surface area (Å²) >= 11 is 0. The van der Waals surface area contributed by atoms with E-state index < -0.39 is 21.9 Å². The zero-order chi connectivity index (χ0) is 24.0. The average molecular weight is 483 g/mol. The maximum atomic E-state index is 14.6. The third-order valence-electron chi connectivity index (χ3n) is 7.13. The van der Waals surface area contributed by atoms with Crippen molar-refractivity contribution in [1.29, 1.82) is 0 Å². The van der Waals surface area contributed by atoms with E-state index in [1.165, 1.54) is 28.6 Å². The number of benzene rings is 3. The number of fused-ring (bicyclic) bond motifs is 3. The fraction of sp³-hybridized carbons (Fsp3) is 0.308. The van der Waals surface area contributed by atoms with E-state index >= 15 is 0 Å². The van der Waals surface area contributed by atoms with Crippen molar-refractivity contribution in [2.45, 2.75) is 23.4 Å². The molecular weight excluding hydrogens is 455 g/mol. The van der Waals surface area contributed by atoms with Crippen LogP contribution >= 0.6 is 0 Å². The van der Waals surface area contributed by atoms with E-state index in [0.29, 0.717) is 6.42 Å². The van der Waals surface area contributed by atoms with Crippen LogP contribution in [0.25, 0.3) is 11.1 Å². The molecule has 3 atom stereocenters. The van der Waals surface area contributed by atoms with Gasteiger partial charge in [-0.05, 0) is 59.5 Å². The molecule has 3 aromatic carbocycles. The largest absolute Gasteiger partial charge is 0.497 e. The van der Waals surface area contributed by atoms with Gasteiger partial charge >= 0.3 is 0 Å².